The van der Waals surface area contributed by atoms with E-state index in [4.69, 9.17) is 4.74 Å². The Labute approximate surface area is 105 Å². The van der Waals surface area contributed by atoms with Crippen LogP contribution >= 0.6 is 0 Å². The lowest BCUT2D eigenvalue weighted by atomic mass is 10.1. The average Bonchev–Trinajstić information content (AvgIpc) is 2.93. The Morgan fingerprint density at radius 1 is 1.50 bits per heavy atom. The van der Waals surface area contributed by atoms with Crippen molar-refractivity contribution < 1.29 is 9.53 Å². The van der Waals surface area contributed by atoms with Crippen LogP contribution in [0.3, 0.4) is 0 Å². The number of aromatic amines is 1. The summed E-state index contributed by atoms with van der Waals surface area (Å²) in [6.45, 7) is 1.91. The lowest BCUT2D eigenvalue weighted by Crippen LogP contribution is -2.16. The summed E-state index contributed by atoms with van der Waals surface area (Å²) in [7, 11) is 1.38. The van der Waals surface area contributed by atoms with Crippen LogP contribution in [0.2, 0.25) is 0 Å². The molecular formula is C13H15N3O2. The highest BCUT2D eigenvalue weighted by Gasteiger charge is 2.22. The summed E-state index contributed by atoms with van der Waals surface area (Å²) < 4.78 is 4.76. The van der Waals surface area contributed by atoms with Crippen molar-refractivity contribution in [2.45, 2.75) is 19.3 Å². The van der Waals surface area contributed by atoms with Crippen LogP contribution in [0, 0.1) is 0 Å². The number of carbonyl (C=O) groups excluding carboxylic acids is 1. The molecule has 0 saturated carbocycles. The van der Waals surface area contributed by atoms with Crippen LogP contribution in [-0.2, 0) is 9.53 Å². The number of methoxy groups -OCH3 is 1. The summed E-state index contributed by atoms with van der Waals surface area (Å²) in [6.07, 6.45) is 5.96. The summed E-state index contributed by atoms with van der Waals surface area (Å²) >= 11 is 0. The molecule has 2 aromatic heterocycles. The minimum Gasteiger partial charge on any atom is -0.468 e. The quantitative estimate of drug-likeness (QED) is 0.838. The second-order valence-corrected chi connectivity index (χ2v) is 3.88. The molecule has 0 radical (unpaired) electrons. The lowest BCUT2D eigenvalue weighted by Gasteiger charge is -2.11. The number of carbonyl (C=O) groups is 1. The van der Waals surface area contributed by atoms with E-state index in [0.29, 0.717) is 12.2 Å². The zero-order valence-electron chi connectivity index (χ0n) is 10.4. The summed E-state index contributed by atoms with van der Waals surface area (Å²) in [5.41, 5.74) is 1.77. The minimum atomic E-state index is -0.408. The molecule has 2 heterocycles. The Kier molecular flexibility index (Phi) is 3.72. The van der Waals surface area contributed by atoms with E-state index in [-0.39, 0.29) is 5.97 Å². The summed E-state index contributed by atoms with van der Waals surface area (Å²) in [5.74, 6) is -0.208. The fourth-order valence-electron chi connectivity index (χ4n) is 1.78. The topological polar surface area (TPSA) is 67.9 Å². The van der Waals surface area contributed by atoms with E-state index in [2.05, 4.69) is 15.0 Å². The Morgan fingerprint density at radius 3 is 2.94 bits per heavy atom. The molecule has 0 amide bonds. The maximum atomic E-state index is 11.6. The van der Waals surface area contributed by atoms with Gasteiger partial charge in [0.15, 0.2) is 0 Å². The van der Waals surface area contributed by atoms with E-state index in [1.54, 1.807) is 6.20 Å². The van der Waals surface area contributed by atoms with Gasteiger partial charge in [0.25, 0.3) is 0 Å². The number of nitrogens with one attached hydrogen (secondary N) is 1. The van der Waals surface area contributed by atoms with Crippen LogP contribution < -0.4 is 0 Å². The van der Waals surface area contributed by atoms with Gasteiger partial charge in [-0.15, -0.1) is 0 Å². The number of aromatic nitrogens is 3. The Hall–Kier alpha value is -2.17. The van der Waals surface area contributed by atoms with Crippen LogP contribution in [0.25, 0.3) is 11.3 Å². The number of hydrogen-bond acceptors (Lipinski definition) is 4. The molecule has 0 bridgehead atoms. The van der Waals surface area contributed by atoms with E-state index in [0.717, 1.165) is 11.3 Å². The van der Waals surface area contributed by atoms with Gasteiger partial charge in [0.1, 0.15) is 11.7 Å². The molecule has 0 aliphatic carbocycles. The molecule has 0 aliphatic heterocycles. The third-order valence-corrected chi connectivity index (χ3v) is 2.77. The average molecular weight is 245 g/mol. The zero-order valence-corrected chi connectivity index (χ0v) is 10.4. The Morgan fingerprint density at radius 2 is 2.33 bits per heavy atom. The van der Waals surface area contributed by atoms with Crippen molar-refractivity contribution >= 4 is 5.97 Å². The van der Waals surface area contributed by atoms with Crippen molar-refractivity contribution in [2.24, 2.45) is 0 Å². The second-order valence-electron chi connectivity index (χ2n) is 3.88. The van der Waals surface area contributed by atoms with Gasteiger partial charge in [-0.05, 0) is 18.6 Å². The molecular weight excluding hydrogens is 230 g/mol. The van der Waals surface area contributed by atoms with Crippen LogP contribution in [0.1, 0.15) is 25.1 Å². The Balaban J connectivity index is 2.34. The van der Waals surface area contributed by atoms with Gasteiger partial charge in [0.2, 0.25) is 0 Å². The number of hydrogen-bond donors (Lipinski definition) is 1. The van der Waals surface area contributed by atoms with Gasteiger partial charge < -0.3 is 9.72 Å². The highest BCUT2D eigenvalue weighted by atomic mass is 16.5. The molecule has 5 heteroatoms. The predicted molar refractivity (Wildman–Crippen MR) is 66.9 cm³/mol. The SMILES string of the molecule is CCC(C(=O)OC)c1nccc(-c2cc[nH]c2)n1. The van der Waals surface area contributed by atoms with Crippen LogP contribution in [0.15, 0.2) is 30.7 Å². The van der Waals surface area contributed by atoms with Gasteiger partial charge in [0, 0.05) is 24.2 Å². The third-order valence-electron chi connectivity index (χ3n) is 2.77. The first-order valence-corrected chi connectivity index (χ1v) is 5.80. The first-order chi connectivity index (χ1) is 8.76. The largest absolute Gasteiger partial charge is 0.468 e. The van der Waals surface area contributed by atoms with Crippen LogP contribution in [0.4, 0.5) is 0 Å². The molecule has 5 nitrogen and oxygen atoms in total. The van der Waals surface area contributed by atoms with Crippen molar-refractivity contribution in [1.82, 2.24) is 15.0 Å². The molecule has 0 fully saturated rings. The van der Waals surface area contributed by atoms with Gasteiger partial charge in [0.05, 0.1) is 12.8 Å². The molecule has 1 N–H and O–H groups in total. The van der Waals surface area contributed by atoms with Crippen molar-refractivity contribution in [2.75, 3.05) is 7.11 Å². The number of esters is 1. The molecule has 0 aromatic carbocycles. The fraction of sp³-hybridized carbons (Fsp3) is 0.308. The molecule has 0 aliphatic rings. The van der Waals surface area contributed by atoms with E-state index < -0.39 is 5.92 Å². The Bertz CT molecular complexity index is 523. The van der Waals surface area contributed by atoms with Gasteiger partial charge >= 0.3 is 5.97 Å². The summed E-state index contributed by atoms with van der Waals surface area (Å²) in [4.78, 5) is 23.2. The van der Waals surface area contributed by atoms with Gasteiger partial charge in [-0.1, -0.05) is 6.92 Å². The maximum absolute atomic E-state index is 11.6. The van der Waals surface area contributed by atoms with E-state index in [1.807, 2.05) is 31.5 Å². The maximum Gasteiger partial charge on any atom is 0.316 e. The van der Waals surface area contributed by atoms with Gasteiger partial charge in [-0.2, -0.15) is 0 Å². The summed E-state index contributed by atoms with van der Waals surface area (Å²) in [6, 6.07) is 3.74. The van der Waals surface area contributed by atoms with Crippen molar-refractivity contribution in [3.8, 4) is 11.3 Å². The number of H-pyrrole nitrogens is 1. The van der Waals surface area contributed by atoms with E-state index in [1.165, 1.54) is 7.11 Å². The number of nitrogens with zero attached hydrogens (tertiary/aromatic N) is 2. The van der Waals surface area contributed by atoms with Crippen molar-refractivity contribution in [3.63, 3.8) is 0 Å². The molecule has 0 spiro atoms. The van der Waals surface area contributed by atoms with Gasteiger partial charge in [-0.3, -0.25) is 4.79 Å². The first-order valence-electron chi connectivity index (χ1n) is 5.80. The highest BCUT2D eigenvalue weighted by molar-refractivity contribution is 5.77. The lowest BCUT2D eigenvalue weighted by molar-refractivity contribution is -0.142. The number of rotatable bonds is 4. The molecule has 2 rings (SSSR count). The fourth-order valence-corrected chi connectivity index (χ4v) is 1.78. The monoisotopic (exact) mass is 245 g/mol. The van der Waals surface area contributed by atoms with Crippen molar-refractivity contribution in [1.29, 1.82) is 0 Å². The number of ether oxygens (including phenoxy) is 1. The molecule has 94 valence electrons. The van der Waals surface area contributed by atoms with Crippen LogP contribution in [-0.4, -0.2) is 28.0 Å². The normalized spacial score (nSPS) is 12.1. The third kappa shape index (κ3) is 2.40. The van der Waals surface area contributed by atoms with E-state index >= 15 is 0 Å². The zero-order chi connectivity index (χ0) is 13.0. The molecule has 2 aromatic rings. The summed E-state index contributed by atoms with van der Waals surface area (Å²) in [5, 5.41) is 0. The first kappa shape index (κ1) is 12.3. The van der Waals surface area contributed by atoms with Crippen LogP contribution in [0.5, 0.6) is 0 Å². The van der Waals surface area contributed by atoms with Crippen molar-refractivity contribution in [3.05, 3.63) is 36.5 Å². The standard InChI is InChI=1S/C13H15N3O2/c1-3-10(13(17)18-2)12-15-7-5-11(16-12)9-4-6-14-8-9/h4-8,10,14H,3H2,1-2H3. The molecule has 18 heavy (non-hydrogen) atoms. The smallest absolute Gasteiger partial charge is 0.316 e. The second kappa shape index (κ2) is 5.44. The molecule has 1 unspecified atom stereocenters. The minimum absolute atomic E-state index is 0.302. The highest BCUT2D eigenvalue weighted by Crippen LogP contribution is 2.21. The van der Waals surface area contributed by atoms with E-state index in [9.17, 15) is 4.79 Å². The van der Waals surface area contributed by atoms with Gasteiger partial charge in [-0.25, -0.2) is 9.97 Å². The molecule has 0 saturated heterocycles. The molecule has 1 atom stereocenters. The predicted octanol–water partition coefficient (Wildman–Crippen LogP) is 2.14.